The minimum atomic E-state index is -4.62. The van der Waals surface area contributed by atoms with Gasteiger partial charge in [0.2, 0.25) is 0 Å². The molecule has 2 rings (SSSR count). The average molecular weight is 219 g/mol. The quantitative estimate of drug-likeness (QED) is 0.716. The molecule has 15 heavy (non-hydrogen) atoms. The molecule has 0 amide bonds. The summed E-state index contributed by atoms with van der Waals surface area (Å²) in [4.78, 5) is 0. The summed E-state index contributed by atoms with van der Waals surface area (Å²) in [6, 6.07) is 3.08. The summed E-state index contributed by atoms with van der Waals surface area (Å²) >= 11 is 0. The summed E-state index contributed by atoms with van der Waals surface area (Å²) in [5, 5.41) is 3.00. The van der Waals surface area contributed by atoms with E-state index >= 15 is 0 Å². The van der Waals surface area contributed by atoms with Crippen molar-refractivity contribution in [3.63, 3.8) is 0 Å². The van der Waals surface area contributed by atoms with E-state index in [0.29, 0.717) is 5.56 Å². The van der Waals surface area contributed by atoms with E-state index in [4.69, 9.17) is 0 Å². The molecule has 1 aromatic rings. The predicted octanol–water partition coefficient (Wildman–Crippen LogP) is 2.88. The summed E-state index contributed by atoms with van der Waals surface area (Å²) in [6.07, 6.45) is -3.78. The van der Waals surface area contributed by atoms with E-state index < -0.39 is 17.6 Å². The molecule has 82 valence electrons. The third-order valence-electron chi connectivity index (χ3n) is 2.52. The largest absolute Gasteiger partial charge is 0.419 e. The lowest BCUT2D eigenvalue weighted by Gasteiger charge is -2.28. The predicted molar refractivity (Wildman–Crippen MR) is 46.8 cm³/mol. The molecule has 1 heterocycles. The van der Waals surface area contributed by atoms with Gasteiger partial charge in [0.15, 0.2) is 0 Å². The number of hydrogen-bond donors (Lipinski definition) is 1. The molecule has 1 saturated heterocycles. The van der Waals surface area contributed by atoms with Gasteiger partial charge in [-0.3, -0.25) is 0 Å². The van der Waals surface area contributed by atoms with Crippen LogP contribution in [-0.4, -0.2) is 6.54 Å². The first kappa shape index (κ1) is 10.4. The van der Waals surface area contributed by atoms with E-state index in [2.05, 4.69) is 5.32 Å². The number of alkyl halides is 3. The maximum atomic E-state index is 13.1. The summed E-state index contributed by atoms with van der Waals surface area (Å²) in [7, 11) is 0. The number of rotatable bonds is 1. The lowest BCUT2D eigenvalue weighted by Crippen LogP contribution is -2.35. The van der Waals surface area contributed by atoms with Gasteiger partial charge in [0, 0.05) is 6.04 Å². The Morgan fingerprint density at radius 3 is 2.33 bits per heavy atom. The topological polar surface area (TPSA) is 12.0 Å². The van der Waals surface area contributed by atoms with Crippen LogP contribution < -0.4 is 5.32 Å². The zero-order chi connectivity index (χ0) is 11.1. The van der Waals surface area contributed by atoms with Crippen molar-refractivity contribution in [3.8, 4) is 0 Å². The third-order valence-corrected chi connectivity index (χ3v) is 2.52. The van der Waals surface area contributed by atoms with E-state index in [1.165, 1.54) is 6.07 Å². The van der Waals surface area contributed by atoms with Crippen LogP contribution in [0.1, 0.15) is 23.6 Å². The van der Waals surface area contributed by atoms with Crippen molar-refractivity contribution in [1.29, 1.82) is 0 Å². The minimum absolute atomic E-state index is 0.00165. The van der Waals surface area contributed by atoms with Gasteiger partial charge in [-0.2, -0.15) is 13.2 Å². The molecule has 1 nitrogen and oxygen atoms in total. The van der Waals surface area contributed by atoms with Crippen molar-refractivity contribution in [2.24, 2.45) is 0 Å². The first-order valence-corrected chi connectivity index (χ1v) is 4.58. The van der Waals surface area contributed by atoms with E-state index in [1.54, 1.807) is 0 Å². The summed E-state index contributed by atoms with van der Waals surface area (Å²) in [6.45, 7) is 0.827. The van der Waals surface area contributed by atoms with Crippen LogP contribution in [0.4, 0.5) is 17.6 Å². The van der Waals surface area contributed by atoms with Gasteiger partial charge in [-0.15, -0.1) is 0 Å². The fourth-order valence-electron chi connectivity index (χ4n) is 1.55. The van der Waals surface area contributed by atoms with Gasteiger partial charge in [0.05, 0.1) is 5.56 Å². The van der Waals surface area contributed by atoms with Crippen LogP contribution in [-0.2, 0) is 6.18 Å². The highest BCUT2D eigenvalue weighted by molar-refractivity contribution is 5.29. The molecule has 1 fully saturated rings. The van der Waals surface area contributed by atoms with Crippen LogP contribution in [0.25, 0.3) is 0 Å². The Morgan fingerprint density at radius 1 is 1.27 bits per heavy atom. The molecule has 0 aromatic heterocycles. The van der Waals surface area contributed by atoms with Crippen molar-refractivity contribution in [2.45, 2.75) is 18.6 Å². The molecule has 1 aliphatic rings. The molecular formula is C10H9F4N. The highest BCUT2D eigenvalue weighted by Crippen LogP contribution is 2.33. The smallest absolute Gasteiger partial charge is 0.310 e. The minimum Gasteiger partial charge on any atom is -0.310 e. The van der Waals surface area contributed by atoms with Crippen molar-refractivity contribution < 1.29 is 17.6 Å². The van der Waals surface area contributed by atoms with E-state index in [1.807, 2.05) is 0 Å². The molecule has 0 spiro atoms. The SMILES string of the molecule is Fc1cc([C@@H]2CCN2)ccc1C(F)(F)F. The Hall–Kier alpha value is -1.10. The average Bonchev–Trinajstić information content (AvgIpc) is 1.97. The maximum Gasteiger partial charge on any atom is 0.419 e. The molecule has 0 unspecified atom stereocenters. The van der Waals surface area contributed by atoms with Crippen LogP contribution in [0.15, 0.2) is 18.2 Å². The molecule has 0 saturated carbocycles. The summed E-state index contributed by atoms with van der Waals surface area (Å²) in [5.41, 5.74) is -0.627. The summed E-state index contributed by atoms with van der Waals surface area (Å²) < 4.78 is 49.8. The van der Waals surface area contributed by atoms with Crippen LogP contribution >= 0.6 is 0 Å². The molecule has 0 bridgehead atoms. The first-order valence-electron chi connectivity index (χ1n) is 4.58. The lowest BCUT2D eigenvalue weighted by molar-refractivity contribution is -0.140. The molecular weight excluding hydrogens is 210 g/mol. The fourth-order valence-corrected chi connectivity index (χ4v) is 1.55. The zero-order valence-corrected chi connectivity index (χ0v) is 7.74. The zero-order valence-electron chi connectivity index (χ0n) is 7.74. The first-order chi connectivity index (χ1) is 6.98. The highest BCUT2D eigenvalue weighted by atomic mass is 19.4. The number of halogens is 4. The summed E-state index contributed by atoms with van der Waals surface area (Å²) in [5.74, 6) is -1.20. The Balaban J connectivity index is 2.30. The van der Waals surface area contributed by atoms with Crippen molar-refractivity contribution in [1.82, 2.24) is 5.32 Å². The van der Waals surface area contributed by atoms with Gasteiger partial charge in [-0.1, -0.05) is 6.07 Å². The van der Waals surface area contributed by atoms with Crippen molar-refractivity contribution in [3.05, 3.63) is 35.1 Å². The van der Waals surface area contributed by atoms with Gasteiger partial charge in [0.1, 0.15) is 5.82 Å². The Labute approximate surface area is 84.1 Å². The Kier molecular flexibility index (Phi) is 2.42. The second kappa shape index (κ2) is 3.48. The Morgan fingerprint density at radius 2 is 1.93 bits per heavy atom. The Bertz CT molecular complexity index is 368. The molecule has 1 atom stereocenters. The van der Waals surface area contributed by atoms with Crippen LogP contribution in [0.3, 0.4) is 0 Å². The third kappa shape index (κ3) is 1.97. The normalized spacial score (nSPS) is 21.2. The molecule has 1 N–H and O–H groups in total. The van der Waals surface area contributed by atoms with E-state index in [9.17, 15) is 17.6 Å². The standard InChI is InChI=1S/C10H9F4N/c11-8-5-6(9-3-4-15-9)1-2-7(8)10(12,13)14/h1-2,5,9,15H,3-4H2/t9-/m0/s1. The van der Waals surface area contributed by atoms with Gasteiger partial charge < -0.3 is 5.32 Å². The van der Waals surface area contributed by atoms with Gasteiger partial charge in [0.25, 0.3) is 0 Å². The van der Waals surface area contributed by atoms with Crippen LogP contribution in [0, 0.1) is 5.82 Å². The number of benzene rings is 1. The van der Waals surface area contributed by atoms with Gasteiger partial charge >= 0.3 is 6.18 Å². The fraction of sp³-hybridized carbons (Fsp3) is 0.400. The van der Waals surface area contributed by atoms with Crippen LogP contribution in [0.2, 0.25) is 0 Å². The van der Waals surface area contributed by atoms with Crippen molar-refractivity contribution >= 4 is 0 Å². The second-order valence-corrected chi connectivity index (χ2v) is 3.53. The van der Waals surface area contributed by atoms with Gasteiger partial charge in [-0.05, 0) is 30.7 Å². The van der Waals surface area contributed by atoms with Crippen LogP contribution in [0.5, 0.6) is 0 Å². The number of hydrogen-bond acceptors (Lipinski definition) is 1. The molecule has 5 heteroatoms. The maximum absolute atomic E-state index is 13.1. The molecule has 1 aromatic carbocycles. The molecule has 0 aliphatic carbocycles. The molecule has 1 aliphatic heterocycles. The van der Waals surface area contributed by atoms with Crippen molar-refractivity contribution in [2.75, 3.05) is 6.54 Å². The van der Waals surface area contributed by atoms with Gasteiger partial charge in [-0.25, -0.2) is 4.39 Å². The van der Waals surface area contributed by atoms with E-state index in [0.717, 1.165) is 25.1 Å². The lowest BCUT2D eigenvalue weighted by atomic mass is 9.97. The highest BCUT2D eigenvalue weighted by Gasteiger charge is 2.34. The second-order valence-electron chi connectivity index (χ2n) is 3.53. The van der Waals surface area contributed by atoms with E-state index in [-0.39, 0.29) is 6.04 Å². The monoisotopic (exact) mass is 219 g/mol. The molecule has 0 radical (unpaired) electrons. The number of nitrogens with one attached hydrogen (secondary N) is 1.